The molecule has 23 heteroatoms. The quantitative estimate of drug-likeness (QED) is 0.0238. The number of aromatic nitrogens is 2. The average molecular weight is 875 g/mol. The molecule has 0 unspecified atom stereocenters. The summed E-state index contributed by atoms with van der Waals surface area (Å²) in [4.78, 5) is 115. The number of carboxylic acid groups (broad SMARTS) is 2. The van der Waals surface area contributed by atoms with Gasteiger partial charge in [-0.3, -0.25) is 38.6 Å². The van der Waals surface area contributed by atoms with Crippen LogP contribution in [0.4, 0.5) is 0 Å². The van der Waals surface area contributed by atoms with Gasteiger partial charge in [-0.2, -0.15) is 11.8 Å². The second-order valence-corrected chi connectivity index (χ2v) is 15.1. The lowest BCUT2D eigenvalue weighted by Crippen LogP contribution is -2.59. The van der Waals surface area contributed by atoms with Crippen molar-refractivity contribution in [3.8, 4) is 0 Å². The van der Waals surface area contributed by atoms with Crippen molar-refractivity contribution in [2.75, 3.05) is 25.1 Å². The highest BCUT2D eigenvalue weighted by atomic mass is 32.2. The normalized spacial score (nSPS) is 14.3. The first-order valence-corrected chi connectivity index (χ1v) is 20.9. The number of amides is 6. The van der Waals surface area contributed by atoms with Crippen LogP contribution in [0, 0.1) is 5.92 Å². The summed E-state index contributed by atoms with van der Waals surface area (Å²) in [5, 5.41) is 34.1. The SMILES string of the molecule is CC[C@H](C)[C@H](NC(=O)[C@H](CC(=O)O)NC(=O)CNC(=O)[C@H](Cc1cnc[nH]1)NC(=O)[C@H](CCCN=C(N)N)NC(=O)[C@@H](N)CCSC)C(=O)N[C@@H](Cc1ccccc1)C(=O)O. The maximum Gasteiger partial charge on any atom is 0.326 e. The number of imidazole rings is 1. The van der Waals surface area contributed by atoms with Crippen LogP contribution < -0.4 is 49.1 Å². The van der Waals surface area contributed by atoms with E-state index < -0.39 is 103 Å². The summed E-state index contributed by atoms with van der Waals surface area (Å²) in [6.45, 7) is 2.71. The van der Waals surface area contributed by atoms with Gasteiger partial charge < -0.3 is 64.3 Å². The maximum absolute atomic E-state index is 13.6. The Bertz CT molecular complexity index is 1800. The number of guanidine groups is 1. The summed E-state index contributed by atoms with van der Waals surface area (Å²) in [6.07, 6.45) is 4.52. The standard InChI is InChI=1S/C38H58N12O10S/c1-4-21(2)31(36(58)49-28(37(59)60)15-22-9-6-5-7-10-22)50-35(57)27(17-30(52)53)46-29(51)19-44-33(55)26(16-23-18-42-20-45-23)48-34(56)25(11-8-13-43-38(40)41)47-32(54)24(39)12-14-61-3/h5-7,9-10,18,20-21,24-28,31H,4,8,11-17,19,39H2,1-3H3,(H,42,45)(H,44,55)(H,46,51)(H,47,54)(H,48,56)(H,49,58)(H,50,57)(H,52,53)(H,59,60)(H4,40,41,43)/t21-,24-,25-,26-,27-,28-,31-/m0/s1. The van der Waals surface area contributed by atoms with E-state index in [9.17, 15) is 48.6 Å². The number of nitrogens with zero attached hydrogens (tertiary/aromatic N) is 2. The molecule has 61 heavy (non-hydrogen) atoms. The van der Waals surface area contributed by atoms with E-state index in [0.29, 0.717) is 29.9 Å². The molecule has 15 N–H and O–H groups in total. The number of aromatic amines is 1. The fraction of sp³-hybridized carbons (Fsp3) is 0.526. The molecule has 0 saturated heterocycles. The van der Waals surface area contributed by atoms with E-state index in [1.54, 1.807) is 44.2 Å². The minimum atomic E-state index is -1.73. The Morgan fingerprint density at radius 2 is 1.48 bits per heavy atom. The molecule has 0 bridgehead atoms. The highest BCUT2D eigenvalue weighted by Crippen LogP contribution is 2.12. The van der Waals surface area contributed by atoms with Gasteiger partial charge in [0.15, 0.2) is 5.96 Å². The first kappa shape index (κ1) is 50.9. The lowest BCUT2D eigenvalue weighted by molar-refractivity contribution is -0.143. The van der Waals surface area contributed by atoms with E-state index in [0.717, 1.165) is 0 Å². The first-order chi connectivity index (χ1) is 28.9. The molecule has 2 aromatic rings. The second-order valence-electron chi connectivity index (χ2n) is 14.1. The topological polar surface area (TPSA) is 368 Å². The Morgan fingerprint density at radius 3 is 2.07 bits per heavy atom. The van der Waals surface area contributed by atoms with E-state index >= 15 is 0 Å². The number of aliphatic carboxylic acids is 2. The molecule has 0 saturated carbocycles. The van der Waals surface area contributed by atoms with Crippen LogP contribution in [0.15, 0.2) is 47.8 Å². The molecular formula is C38H58N12O10S. The predicted octanol–water partition coefficient (Wildman–Crippen LogP) is -2.53. The van der Waals surface area contributed by atoms with Crippen molar-refractivity contribution in [2.24, 2.45) is 28.1 Å². The monoisotopic (exact) mass is 874 g/mol. The molecule has 22 nitrogen and oxygen atoms in total. The zero-order valence-electron chi connectivity index (χ0n) is 34.3. The summed E-state index contributed by atoms with van der Waals surface area (Å²) < 4.78 is 0. The van der Waals surface area contributed by atoms with Crippen LogP contribution >= 0.6 is 11.8 Å². The summed E-state index contributed by atoms with van der Waals surface area (Å²) in [6, 6.07) is 0.733. The summed E-state index contributed by atoms with van der Waals surface area (Å²) in [5.74, 6) is -8.01. The third-order valence-corrected chi connectivity index (χ3v) is 9.95. The number of aliphatic imine (C=N–C) groups is 1. The van der Waals surface area contributed by atoms with Gasteiger partial charge in [-0.05, 0) is 42.8 Å². The molecule has 0 radical (unpaired) electrons. The average Bonchev–Trinajstić information content (AvgIpc) is 3.74. The third-order valence-electron chi connectivity index (χ3n) is 9.30. The molecule has 0 aliphatic rings. The summed E-state index contributed by atoms with van der Waals surface area (Å²) in [5.41, 5.74) is 17.9. The molecule has 1 aromatic carbocycles. The number of hydrogen-bond donors (Lipinski definition) is 12. The van der Waals surface area contributed by atoms with Crippen LogP contribution in [-0.2, 0) is 51.2 Å². The van der Waals surface area contributed by atoms with Gasteiger partial charge in [-0.15, -0.1) is 0 Å². The molecule has 0 aliphatic carbocycles. The summed E-state index contributed by atoms with van der Waals surface area (Å²) in [7, 11) is 0. The van der Waals surface area contributed by atoms with E-state index in [4.69, 9.17) is 17.2 Å². The van der Waals surface area contributed by atoms with Gasteiger partial charge in [0.05, 0.1) is 25.3 Å². The van der Waals surface area contributed by atoms with Crippen molar-refractivity contribution in [3.63, 3.8) is 0 Å². The van der Waals surface area contributed by atoms with Crippen molar-refractivity contribution in [1.29, 1.82) is 0 Å². The van der Waals surface area contributed by atoms with E-state index in [-0.39, 0.29) is 38.2 Å². The lowest BCUT2D eigenvalue weighted by atomic mass is 9.96. The number of hydrogen-bond acceptors (Lipinski definition) is 12. The Kier molecular flexibility index (Phi) is 22.4. The molecule has 0 aliphatic heterocycles. The minimum absolute atomic E-state index is 0.0516. The fourth-order valence-electron chi connectivity index (χ4n) is 5.71. The lowest BCUT2D eigenvalue weighted by Gasteiger charge is -2.27. The van der Waals surface area contributed by atoms with Crippen LogP contribution in [0.1, 0.15) is 57.2 Å². The molecule has 1 aromatic heterocycles. The van der Waals surface area contributed by atoms with E-state index in [1.165, 1.54) is 24.3 Å². The van der Waals surface area contributed by atoms with Crippen LogP contribution in [0.5, 0.6) is 0 Å². The van der Waals surface area contributed by atoms with Crippen LogP contribution in [0.3, 0.4) is 0 Å². The second kappa shape index (κ2) is 26.8. The van der Waals surface area contributed by atoms with Gasteiger partial charge in [0.25, 0.3) is 0 Å². The number of nitrogens with one attached hydrogen (secondary N) is 7. The van der Waals surface area contributed by atoms with Gasteiger partial charge in [0, 0.05) is 31.3 Å². The van der Waals surface area contributed by atoms with Crippen molar-refractivity contribution in [3.05, 3.63) is 54.1 Å². The summed E-state index contributed by atoms with van der Waals surface area (Å²) >= 11 is 1.49. The Hall–Kier alpha value is -6.23. The zero-order chi connectivity index (χ0) is 45.5. The number of carboxylic acids is 2. The highest BCUT2D eigenvalue weighted by Gasteiger charge is 2.34. The number of benzene rings is 1. The van der Waals surface area contributed by atoms with E-state index in [1.807, 2.05) is 6.26 Å². The molecule has 1 heterocycles. The molecule has 336 valence electrons. The third kappa shape index (κ3) is 19.1. The Balaban J connectivity index is 2.20. The van der Waals surface area contributed by atoms with Gasteiger partial charge in [0.2, 0.25) is 35.4 Å². The van der Waals surface area contributed by atoms with Gasteiger partial charge in [0.1, 0.15) is 30.2 Å². The largest absolute Gasteiger partial charge is 0.481 e. The fourth-order valence-corrected chi connectivity index (χ4v) is 6.20. The zero-order valence-corrected chi connectivity index (χ0v) is 35.2. The van der Waals surface area contributed by atoms with E-state index in [2.05, 4.69) is 46.9 Å². The Morgan fingerprint density at radius 1 is 0.820 bits per heavy atom. The number of carbonyl (C=O) groups excluding carboxylic acids is 6. The molecule has 7 atom stereocenters. The Labute approximate surface area is 357 Å². The van der Waals surface area contributed by atoms with Gasteiger partial charge in [-0.25, -0.2) is 9.78 Å². The van der Waals surface area contributed by atoms with Crippen molar-refractivity contribution >= 4 is 65.1 Å². The van der Waals surface area contributed by atoms with Gasteiger partial charge >= 0.3 is 11.9 Å². The van der Waals surface area contributed by atoms with Crippen molar-refractivity contribution < 1.29 is 48.6 Å². The predicted molar refractivity (Wildman–Crippen MR) is 225 cm³/mol. The number of rotatable bonds is 28. The van der Waals surface area contributed by atoms with Crippen LogP contribution in [0.2, 0.25) is 0 Å². The minimum Gasteiger partial charge on any atom is -0.481 e. The maximum atomic E-state index is 13.6. The number of carbonyl (C=O) groups is 8. The number of H-pyrrole nitrogens is 1. The van der Waals surface area contributed by atoms with Crippen molar-refractivity contribution in [2.45, 2.75) is 95.0 Å². The first-order valence-electron chi connectivity index (χ1n) is 19.5. The molecular weight excluding hydrogens is 817 g/mol. The van der Waals surface area contributed by atoms with Crippen LogP contribution in [-0.4, -0.2) is 135 Å². The van der Waals surface area contributed by atoms with Crippen LogP contribution in [0.25, 0.3) is 0 Å². The molecule has 6 amide bonds. The molecule has 0 fully saturated rings. The molecule has 0 spiro atoms. The number of thioether (sulfide) groups is 1. The number of nitrogens with two attached hydrogens (primary N) is 3. The van der Waals surface area contributed by atoms with Gasteiger partial charge in [-0.1, -0.05) is 50.6 Å². The van der Waals surface area contributed by atoms with Crippen molar-refractivity contribution in [1.82, 2.24) is 41.9 Å². The smallest absolute Gasteiger partial charge is 0.326 e. The highest BCUT2D eigenvalue weighted by molar-refractivity contribution is 7.98. The molecule has 2 rings (SSSR count).